The topological polar surface area (TPSA) is 169 Å². The molecule has 14 heteroatoms. The van der Waals surface area contributed by atoms with Gasteiger partial charge < -0.3 is 26.0 Å². The summed E-state index contributed by atoms with van der Waals surface area (Å²) in [7, 11) is 0. The summed E-state index contributed by atoms with van der Waals surface area (Å²) in [6.45, 7) is 2.09. The van der Waals surface area contributed by atoms with E-state index in [0.717, 1.165) is 15.0 Å². The molecule has 6 N–H and O–H groups in total. The van der Waals surface area contributed by atoms with Crippen LogP contribution in [0.4, 0.5) is 21.6 Å². The van der Waals surface area contributed by atoms with Crippen molar-refractivity contribution in [3.8, 4) is 11.3 Å². The number of hydrogen-bond donors (Lipinski definition) is 6. The normalized spacial score (nSPS) is 13.8. The van der Waals surface area contributed by atoms with Crippen LogP contribution in [0.3, 0.4) is 0 Å². The predicted octanol–water partition coefficient (Wildman–Crippen LogP) is 2.70. The minimum Gasteiger partial charge on any atom is -0.334 e. The molecule has 210 valence electrons. The lowest BCUT2D eigenvalue weighted by molar-refractivity contribution is -0.398. The number of hydrogen-bond acceptors (Lipinski definition) is 10. The summed E-state index contributed by atoms with van der Waals surface area (Å²) in [4.78, 5) is 27.1. The molecule has 1 aliphatic heterocycles. The Hall–Kier alpha value is -4.47. The number of carbonyl (C=O) groups excluding carboxylic acids is 1. The molecule has 1 amide bonds. The van der Waals surface area contributed by atoms with Crippen LogP contribution in [0.1, 0.15) is 20.9 Å². The Labute approximate surface area is 235 Å². The van der Waals surface area contributed by atoms with E-state index in [2.05, 4.69) is 25.9 Å². The van der Waals surface area contributed by atoms with Crippen molar-refractivity contribution in [2.45, 2.75) is 26.1 Å². The number of rotatable bonds is 6. The maximum atomic E-state index is 14.9. The highest BCUT2D eigenvalue weighted by atomic mass is 32.1. The molecule has 0 radical (unpaired) electrons. The lowest BCUT2D eigenvalue weighted by atomic mass is 10.0. The third-order valence-corrected chi connectivity index (χ3v) is 7.98. The van der Waals surface area contributed by atoms with Crippen LogP contribution in [-0.4, -0.2) is 58.7 Å². The third kappa shape index (κ3) is 5.21. The minimum atomic E-state index is -2.95. The standard InChI is InChI=1S/C27H24FN7O5S/c1-14-17(6-7-18(28)24(14)30-26(37)22-10-15-4-2-3-5-21(15)41-22)19-12-20(25(36)32-31-19)29-23-11-16-13-34(27(38,39)40)8-9-35(16)33-23/h2-7,10-12,38-40H,8-9,13H2,1H3,(H,30,37)(H,32,36)(H,29,31,33). The van der Waals surface area contributed by atoms with Gasteiger partial charge in [-0.3, -0.25) is 14.3 Å². The van der Waals surface area contributed by atoms with Gasteiger partial charge in [-0.1, -0.05) is 18.2 Å². The Balaban J connectivity index is 1.26. The molecule has 0 spiro atoms. The monoisotopic (exact) mass is 577 g/mol. The van der Waals surface area contributed by atoms with Crippen LogP contribution < -0.4 is 16.2 Å². The zero-order valence-electron chi connectivity index (χ0n) is 21.6. The van der Waals surface area contributed by atoms with Gasteiger partial charge in [0.05, 0.1) is 28.5 Å². The van der Waals surface area contributed by atoms with E-state index in [-0.39, 0.29) is 31.0 Å². The molecule has 1 aliphatic rings. The van der Waals surface area contributed by atoms with Gasteiger partial charge in [0.1, 0.15) is 11.5 Å². The zero-order chi connectivity index (χ0) is 28.9. The molecule has 0 saturated heterocycles. The molecule has 0 unspecified atom stereocenters. The fourth-order valence-corrected chi connectivity index (χ4v) is 5.69. The van der Waals surface area contributed by atoms with E-state index in [4.69, 9.17) is 0 Å². The lowest BCUT2D eigenvalue weighted by Crippen LogP contribution is -2.51. The summed E-state index contributed by atoms with van der Waals surface area (Å²) in [5.74, 6) is -0.736. The van der Waals surface area contributed by atoms with Crippen molar-refractivity contribution in [1.82, 2.24) is 24.9 Å². The smallest absolute Gasteiger partial charge is 0.334 e. The fourth-order valence-electron chi connectivity index (χ4n) is 4.74. The summed E-state index contributed by atoms with van der Waals surface area (Å²) >= 11 is 1.31. The second-order valence-electron chi connectivity index (χ2n) is 9.58. The number of H-pyrrole nitrogens is 1. The highest BCUT2D eigenvalue weighted by Gasteiger charge is 2.33. The number of nitrogens with zero attached hydrogens (tertiary/aromatic N) is 4. The Morgan fingerprint density at radius 2 is 1.93 bits per heavy atom. The summed E-state index contributed by atoms with van der Waals surface area (Å²) in [5.41, 5.74) is 1.40. The number of benzene rings is 2. The second-order valence-corrected chi connectivity index (χ2v) is 10.7. The quantitative estimate of drug-likeness (QED) is 0.166. The first-order valence-electron chi connectivity index (χ1n) is 12.5. The number of halogens is 1. The molecular weight excluding hydrogens is 553 g/mol. The van der Waals surface area contributed by atoms with Gasteiger partial charge in [0.2, 0.25) is 0 Å². The molecule has 4 heterocycles. The predicted molar refractivity (Wildman–Crippen MR) is 150 cm³/mol. The second kappa shape index (κ2) is 10.2. The molecule has 0 atom stereocenters. The van der Waals surface area contributed by atoms with Gasteiger partial charge in [-0.2, -0.15) is 10.2 Å². The van der Waals surface area contributed by atoms with Crippen molar-refractivity contribution < 1.29 is 24.5 Å². The lowest BCUT2D eigenvalue weighted by Gasteiger charge is -2.33. The van der Waals surface area contributed by atoms with Crippen LogP contribution in [0.25, 0.3) is 21.3 Å². The van der Waals surface area contributed by atoms with E-state index in [0.29, 0.717) is 33.2 Å². The van der Waals surface area contributed by atoms with Crippen molar-refractivity contribution in [3.05, 3.63) is 86.9 Å². The molecule has 0 bridgehead atoms. The van der Waals surface area contributed by atoms with Gasteiger partial charge in [0.25, 0.3) is 11.5 Å². The Kier molecular flexibility index (Phi) is 6.63. The van der Waals surface area contributed by atoms with Gasteiger partial charge >= 0.3 is 6.10 Å². The molecule has 41 heavy (non-hydrogen) atoms. The zero-order valence-corrected chi connectivity index (χ0v) is 22.4. The van der Waals surface area contributed by atoms with Crippen LogP contribution in [0.2, 0.25) is 0 Å². The van der Waals surface area contributed by atoms with Crippen LogP contribution in [0, 0.1) is 12.7 Å². The van der Waals surface area contributed by atoms with E-state index in [1.54, 1.807) is 23.7 Å². The summed E-state index contributed by atoms with van der Waals surface area (Å²) in [6.07, 6.45) is -2.95. The average molecular weight is 578 g/mol. The maximum Gasteiger partial charge on any atom is 0.346 e. The molecule has 0 fully saturated rings. The van der Waals surface area contributed by atoms with Crippen LogP contribution in [0.15, 0.2) is 59.4 Å². The van der Waals surface area contributed by atoms with Gasteiger partial charge in [-0.15, -0.1) is 11.3 Å². The minimum absolute atomic E-state index is 0.00604. The Morgan fingerprint density at radius 1 is 1.12 bits per heavy atom. The summed E-state index contributed by atoms with van der Waals surface area (Å²) in [5, 5.41) is 45.9. The highest BCUT2D eigenvalue weighted by molar-refractivity contribution is 7.20. The molecule has 0 aliphatic carbocycles. The van der Waals surface area contributed by atoms with Crippen LogP contribution in [-0.2, 0) is 13.1 Å². The van der Waals surface area contributed by atoms with Crippen molar-refractivity contribution >= 4 is 44.5 Å². The molecule has 12 nitrogen and oxygen atoms in total. The number of carbonyl (C=O) groups is 1. The average Bonchev–Trinajstić information content (AvgIpc) is 3.55. The number of nitrogens with one attached hydrogen (secondary N) is 3. The van der Waals surface area contributed by atoms with E-state index in [1.165, 1.54) is 29.5 Å². The van der Waals surface area contributed by atoms with Crippen molar-refractivity contribution in [2.75, 3.05) is 17.2 Å². The fraction of sp³-hybridized carbons (Fsp3) is 0.185. The van der Waals surface area contributed by atoms with E-state index >= 15 is 0 Å². The van der Waals surface area contributed by atoms with Crippen LogP contribution >= 0.6 is 11.3 Å². The molecule has 6 rings (SSSR count). The van der Waals surface area contributed by atoms with Crippen LogP contribution in [0.5, 0.6) is 0 Å². The number of aliphatic hydroxyl groups is 3. The molecular formula is C27H24FN7O5S. The van der Waals surface area contributed by atoms with Crippen molar-refractivity contribution in [2.24, 2.45) is 0 Å². The molecule has 2 aromatic carbocycles. The first-order chi connectivity index (χ1) is 19.6. The maximum absolute atomic E-state index is 14.9. The van der Waals surface area contributed by atoms with Crippen molar-refractivity contribution in [1.29, 1.82) is 0 Å². The van der Waals surface area contributed by atoms with Gasteiger partial charge in [-0.05, 0) is 48.2 Å². The Morgan fingerprint density at radius 3 is 2.71 bits per heavy atom. The SMILES string of the molecule is Cc1c(-c2cc(Nc3cc4n(n3)CCN(C(O)(O)O)C4)c(=O)[nH]n2)ccc(F)c1NC(=O)c1cc2ccccc2s1. The first-order valence-corrected chi connectivity index (χ1v) is 13.3. The van der Waals surface area contributed by atoms with Gasteiger partial charge in [0, 0.05) is 29.4 Å². The number of thiophene rings is 1. The molecule has 5 aromatic rings. The number of fused-ring (bicyclic) bond motifs is 2. The summed E-state index contributed by atoms with van der Waals surface area (Å²) in [6, 6.07) is 15.2. The Bertz CT molecular complexity index is 1830. The van der Waals surface area contributed by atoms with E-state index in [9.17, 15) is 29.3 Å². The molecule has 0 saturated carbocycles. The van der Waals surface area contributed by atoms with Crippen molar-refractivity contribution in [3.63, 3.8) is 0 Å². The van der Waals surface area contributed by atoms with E-state index < -0.39 is 23.4 Å². The number of amides is 1. The number of aromatic amines is 1. The number of aromatic nitrogens is 4. The first kappa shape index (κ1) is 26.7. The largest absolute Gasteiger partial charge is 0.346 e. The van der Waals surface area contributed by atoms with Gasteiger partial charge in [0.15, 0.2) is 5.82 Å². The highest BCUT2D eigenvalue weighted by Crippen LogP contribution is 2.32. The number of anilines is 3. The van der Waals surface area contributed by atoms with Gasteiger partial charge in [-0.25, -0.2) is 14.4 Å². The molecule has 3 aromatic heterocycles. The van der Waals surface area contributed by atoms with E-state index in [1.807, 2.05) is 24.3 Å². The summed E-state index contributed by atoms with van der Waals surface area (Å²) < 4.78 is 17.5. The third-order valence-electron chi connectivity index (χ3n) is 6.87.